The number of nitrogens with one attached hydrogen (secondary N) is 1. The molecule has 1 aromatic carbocycles. The molecule has 1 N–H and O–H groups in total. The van der Waals surface area contributed by atoms with E-state index in [9.17, 15) is 0 Å². The Hall–Kier alpha value is -1.68. The summed E-state index contributed by atoms with van der Waals surface area (Å²) >= 11 is 0. The summed E-state index contributed by atoms with van der Waals surface area (Å²) < 4.78 is 5.33. The summed E-state index contributed by atoms with van der Waals surface area (Å²) in [6.07, 6.45) is 3.54. The number of hydrogen-bond acceptors (Lipinski definition) is 4. The van der Waals surface area contributed by atoms with E-state index in [4.69, 9.17) is 4.52 Å². The van der Waals surface area contributed by atoms with Crippen molar-refractivity contribution in [3.8, 4) is 11.4 Å². The molecule has 0 saturated carbocycles. The first-order valence-corrected chi connectivity index (χ1v) is 6.06. The van der Waals surface area contributed by atoms with E-state index in [2.05, 4.69) is 15.5 Å². The molecule has 0 amide bonds. The molecule has 2 aromatic rings. The van der Waals surface area contributed by atoms with Gasteiger partial charge in [0.1, 0.15) is 0 Å². The molecule has 1 fully saturated rings. The highest BCUT2D eigenvalue weighted by molar-refractivity contribution is 5.53. The van der Waals surface area contributed by atoms with Crippen LogP contribution in [0.1, 0.15) is 31.2 Å². The van der Waals surface area contributed by atoms with Crippen molar-refractivity contribution in [3.63, 3.8) is 0 Å². The first-order chi connectivity index (χ1) is 8.43. The van der Waals surface area contributed by atoms with Crippen LogP contribution in [0, 0.1) is 0 Å². The van der Waals surface area contributed by atoms with E-state index in [0.717, 1.165) is 18.5 Å². The van der Waals surface area contributed by atoms with Gasteiger partial charge in [0.25, 0.3) is 0 Å². The lowest BCUT2D eigenvalue weighted by molar-refractivity contribution is 0.297. The van der Waals surface area contributed by atoms with Crippen LogP contribution in [0.2, 0.25) is 0 Å². The Morgan fingerprint density at radius 3 is 2.82 bits per heavy atom. The highest BCUT2D eigenvalue weighted by atomic mass is 16.5. The van der Waals surface area contributed by atoms with Crippen molar-refractivity contribution >= 4 is 0 Å². The third-order valence-corrected chi connectivity index (χ3v) is 3.08. The molecule has 1 aliphatic rings. The molecule has 1 aromatic heterocycles. The number of nitrogens with zero attached hydrogens (tertiary/aromatic N) is 2. The average molecular weight is 229 g/mol. The van der Waals surface area contributed by atoms with Gasteiger partial charge in [-0.15, -0.1) is 0 Å². The van der Waals surface area contributed by atoms with Crippen molar-refractivity contribution in [3.05, 3.63) is 36.2 Å². The van der Waals surface area contributed by atoms with Crippen LogP contribution >= 0.6 is 0 Å². The SMILES string of the molecule is c1ccc(-c2noc(C3CCCCN3)n2)cc1. The van der Waals surface area contributed by atoms with Crippen LogP contribution in [0.15, 0.2) is 34.9 Å². The molecule has 1 saturated heterocycles. The summed E-state index contributed by atoms with van der Waals surface area (Å²) in [6.45, 7) is 1.04. The molecule has 88 valence electrons. The summed E-state index contributed by atoms with van der Waals surface area (Å²) in [5.41, 5.74) is 0.998. The zero-order chi connectivity index (χ0) is 11.5. The normalized spacial score (nSPS) is 20.4. The van der Waals surface area contributed by atoms with Crippen LogP contribution in [0.4, 0.5) is 0 Å². The second-order valence-corrected chi connectivity index (χ2v) is 4.32. The number of aromatic nitrogens is 2. The summed E-state index contributed by atoms with van der Waals surface area (Å²) in [7, 11) is 0. The largest absolute Gasteiger partial charge is 0.337 e. The van der Waals surface area contributed by atoms with E-state index in [1.54, 1.807) is 0 Å². The van der Waals surface area contributed by atoms with Crippen molar-refractivity contribution in [2.75, 3.05) is 6.54 Å². The highest BCUT2D eigenvalue weighted by Crippen LogP contribution is 2.23. The Bertz CT molecular complexity index is 474. The summed E-state index contributed by atoms with van der Waals surface area (Å²) in [5, 5.41) is 7.44. The predicted octanol–water partition coefficient (Wildman–Crippen LogP) is 2.55. The van der Waals surface area contributed by atoms with E-state index < -0.39 is 0 Å². The molecule has 4 heteroatoms. The van der Waals surface area contributed by atoms with Crippen molar-refractivity contribution < 1.29 is 4.52 Å². The zero-order valence-electron chi connectivity index (χ0n) is 9.60. The Morgan fingerprint density at radius 2 is 2.06 bits per heavy atom. The Balaban J connectivity index is 1.83. The summed E-state index contributed by atoms with van der Waals surface area (Å²) in [6, 6.07) is 10.1. The van der Waals surface area contributed by atoms with Gasteiger partial charge in [0.05, 0.1) is 6.04 Å². The molecule has 3 rings (SSSR count). The topological polar surface area (TPSA) is 51.0 Å². The Labute approximate surface area is 100 Å². The molecule has 4 nitrogen and oxygen atoms in total. The minimum absolute atomic E-state index is 0.230. The fourth-order valence-electron chi connectivity index (χ4n) is 2.14. The molecular formula is C13H15N3O. The van der Waals surface area contributed by atoms with E-state index in [1.807, 2.05) is 30.3 Å². The third kappa shape index (κ3) is 2.22. The van der Waals surface area contributed by atoms with Gasteiger partial charge in [-0.25, -0.2) is 0 Å². The maximum absolute atomic E-state index is 5.33. The molecule has 2 heterocycles. The van der Waals surface area contributed by atoms with E-state index in [-0.39, 0.29) is 6.04 Å². The molecule has 0 aliphatic carbocycles. The molecule has 1 aliphatic heterocycles. The molecule has 0 bridgehead atoms. The van der Waals surface area contributed by atoms with E-state index in [0.29, 0.717) is 11.7 Å². The summed E-state index contributed by atoms with van der Waals surface area (Å²) in [4.78, 5) is 4.46. The lowest BCUT2D eigenvalue weighted by Crippen LogP contribution is -2.26. The highest BCUT2D eigenvalue weighted by Gasteiger charge is 2.21. The number of piperidine rings is 1. The van der Waals surface area contributed by atoms with Crippen LogP contribution in [-0.4, -0.2) is 16.7 Å². The lowest BCUT2D eigenvalue weighted by Gasteiger charge is -2.19. The maximum atomic E-state index is 5.33. The maximum Gasteiger partial charge on any atom is 0.244 e. The summed E-state index contributed by atoms with van der Waals surface area (Å²) in [5.74, 6) is 1.39. The smallest absolute Gasteiger partial charge is 0.244 e. The number of benzene rings is 1. The molecule has 0 spiro atoms. The van der Waals surface area contributed by atoms with Crippen LogP contribution in [-0.2, 0) is 0 Å². The Morgan fingerprint density at radius 1 is 1.18 bits per heavy atom. The molecule has 1 unspecified atom stereocenters. The number of hydrogen-bond donors (Lipinski definition) is 1. The van der Waals surface area contributed by atoms with Gasteiger partial charge in [0.2, 0.25) is 11.7 Å². The average Bonchev–Trinajstić information content (AvgIpc) is 2.90. The minimum atomic E-state index is 0.230. The lowest BCUT2D eigenvalue weighted by atomic mass is 10.1. The van der Waals surface area contributed by atoms with Crippen molar-refractivity contribution in [2.45, 2.75) is 25.3 Å². The minimum Gasteiger partial charge on any atom is -0.337 e. The molecular weight excluding hydrogens is 214 g/mol. The fourth-order valence-corrected chi connectivity index (χ4v) is 2.14. The van der Waals surface area contributed by atoms with Gasteiger partial charge in [-0.3, -0.25) is 0 Å². The van der Waals surface area contributed by atoms with Crippen molar-refractivity contribution in [1.29, 1.82) is 0 Å². The first kappa shape index (κ1) is 10.5. The second kappa shape index (κ2) is 4.67. The standard InChI is InChI=1S/C13H15N3O/c1-2-6-10(7-3-1)12-15-13(17-16-12)11-8-4-5-9-14-11/h1-3,6-7,11,14H,4-5,8-9H2. The molecule has 17 heavy (non-hydrogen) atoms. The van der Waals surface area contributed by atoms with E-state index >= 15 is 0 Å². The third-order valence-electron chi connectivity index (χ3n) is 3.08. The first-order valence-electron chi connectivity index (χ1n) is 6.06. The predicted molar refractivity (Wildman–Crippen MR) is 64.3 cm³/mol. The van der Waals surface area contributed by atoms with Crippen LogP contribution < -0.4 is 5.32 Å². The van der Waals surface area contributed by atoms with Crippen molar-refractivity contribution in [2.24, 2.45) is 0 Å². The van der Waals surface area contributed by atoms with E-state index in [1.165, 1.54) is 12.8 Å². The van der Waals surface area contributed by atoms with Crippen LogP contribution in [0.5, 0.6) is 0 Å². The van der Waals surface area contributed by atoms with Crippen LogP contribution in [0.25, 0.3) is 11.4 Å². The second-order valence-electron chi connectivity index (χ2n) is 4.32. The van der Waals surface area contributed by atoms with Gasteiger partial charge in [-0.05, 0) is 19.4 Å². The van der Waals surface area contributed by atoms with Gasteiger partial charge in [0, 0.05) is 5.56 Å². The number of rotatable bonds is 2. The van der Waals surface area contributed by atoms with Gasteiger partial charge >= 0.3 is 0 Å². The molecule has 1 atom stereocenters. The Kier molecular flexibility index (Phi) is 2.88. The van der Waals surface area contributed by atoms with Crippen molar-refractivity contribution in [1.82, 2.24) is 15.5 Å². The van der Waals surface area contributed by atoms with Gasteiger partial charge in [-0.1, -0.05) is 41.9 Å². The fraction of sp³-hybridized carbons (Fsp3) is 0.385. The monoisotopic (exact) mass is 229 g/mol. The van der Waals surface area contributed by atoms with Gasteiger partial charge in [-0.2, -0.15) is 4.98 Å². The quantitative estimate of drug-likeness (QED) is 0.859. The van der Waals surface area contributed by atoms with Crippen LogP contribution in [0.3, 0.4) is 0 Å². The zero-order valence-corrected chi connectivity index (χ0v) is 9.60. The van der Waals surface area contributed by atoms with Gasteiger partial charge in [0.15, 0.2) is 0 Å². The van der Waals surface area contributed by atoms with Gasteiger partial charge < -0.3 is 9.84 Å². The molecule has 0 radical (unpaired) electrons.